The lowest BCUT2D eigenvalue weighted by Gasteiger charge is -2.26. The van der Waals surface area contributed by atoms with Gasteiger partial charge in [0.25, 0.3) is 0 Å². The van der Waals surface area contributed by atoms with Crippen LogP contribution < -0.4 is 5.73 Å². The minimum Gasteiger partial charge on any atom is -0.347 e. The minimum atomic E-state index is 0. The van der Waals surface area contributed by atoms with E-state index in [-0.39, 0.29) is 18.3 Å². The molecule has 0 bridgehead atoms. The highest BCUT2D eigenvalue weighted by Gasteiger charge is 2.27. The van der Waals surface area contributed by atoms with Crippen molar-refractivity contribution in [2.45, 2.75) is 96.1 Å². The Labute approximate surface area is 237 Å². The van der Waals surface area contributed by atoms with Crippen LogP contribution in [0.25, 0.3) is 10.9 Å². The van der Waals surface area contributed by atoms with Gasteiger partial charge < -0.3 is 10.3 Å². The number of rotatable bonds is 8. The topological polar surface area (TPSA) is 48.0 Å². The normalized spacial score (nSPS) is 21.5. The number of ketones is 1. The van der Waals surface area contributed by atoms with Crippen LogP contribution in [0.4, 0.5) is 0 Å². The summed E-state index contributed by atoms with van der Waals surface area (Å²) in [6, 6.07) is 15.8. The average Bonchev–Trinajstić information content (AvgIpc) is 3.21. The van der Waals surface area contributed by atoms with Crippen molar-refractivity contribution in [3.63, 3.8) is 0 Å². The first-order valence-corrected chi connectivity index (χ1v) is 14.9. The maximum atomic E-state index is 13.5. The van der Waals surface area contributed by atoms with Gasteiger partial charge in [0.05, 0.1) is 0 Å². The molecule has 1 atom stereocenters. The standard InChI is InChI=1S/C32H41BrN2O.ClH/c1-22-6-5-9-25(16-22)30(19-28(36)17-23-10-13-27(34)14-11-23)31-21-35(20-24-7-3-2-4-8-24)32-18-26(33)12-15-29(31)32;/h5-6,9,12,15-16,18,21,23-24,27,30H,2-4,7-8,10-11,13-14,17,19-20,34H2,1H3;1H. The molecule has 1 aromatic heterocycles. The van der Waals surface area contributed by atoms with Crippen LogP contribution >= 0.6 is 28.3 Å². The molecule has 3 nitrogen and oxygen atoms in total. The predicted molar refractivity (Wildman–Crippen MR) is 161 cm³/mol. The Morgan fingerprint density at radius 1 is 1.00 bits per heavy atom. The van der Waals surface area contributed by atoms with Gasteiger partial charge in [-0.25, -0.2) is 0 Å². The Hall–Kier alpha value is -1.62. The molecule has 5 rings (SSSR count). The summed E-state index contributed by atoms with van der Waals surface area (Å²) in [4.78, 5) is 13.5. The maximum Gasteiger partial charge on any atom is 0.134 e. The molecular weight excluding hydrogens is 544 g/mol. The van der Waals surface area contributed by atoms with Gasteiger partial charge in [-0.3, -0.25) is 4.79 Å². The lowest BCUT2D eigenvalue weighted by atomic mass is 9.80. The third-order valence-electron chi connectivity index (χ3n) is 8.71. The third-order valence-corrected chi connectivity index (χ3v) is 9.21. The highest BCUT2D eigenvalue weighted by Crippen LogP contribution is 2.38. The van der Waals surface area contributed by atoms with Gasteiger partial charge >= 0.3 is 0 Å². The first-order valence-electron chi connectivity index (χ1n) is 14.1. The second-order valence-corrected chi connectivity index (χ2v) is 12.5. The number of hydrogen-bond acceptors (Lipinski definition) is 2. The quantitative estimate of drug-likeness (QED) is 0.287. The Balaban J connectivity index is 0.00000320. The monoisotopic (exact) mass is 584 g/mol. The second-order valence-electron chi connectivity index (χ2n) is 11.6. The fourth-order valence-corrected chi connectivity index (χ4v) is 7.04. The second kappa shape index (κ2) is 13.0. The molecule has 0 saturated heterocycles. The molecule has 200 valence electrons. The minimum absolute atomic E-state index is 0. The number of carbonyl (C=O) groups is 1. The van der Waals surface area contributed by atoms with Crippen LogP contribution in [0.15, 0.2) is 53.1 Å². The number of carbonyl (C=O) groups excluding carboxylic acids is 1. The van der Waals surface area contributed by atoms with Crippen LogP contribution in [0, 0.1) is 18.8 Å². The van der Waals surface area contributed by atoms with E-state index >= 15 is 0 Å². The Kier molecular flexibility index (Phi) is 9.94. The molecule has 1 heterocycles. The van der Waals surface area contributed by atoms with Gasteiger partial charge in [0.1, 0.15) is 5.78 Å². The van der Waals surface area contributed by atoms with Gasteiger partial charge in [-0.05, 0) is 80.5 Å². The van der Waals surface area contributed by atoms with Crippen molar-refractivity contribution in [3.05, 3.63) is 69.8 Å². The van der Waals surface area contributed by atoms with Gasteiger partial charge in [-0.1, -0.05) is 71.1 Å². The number of nitrogens with two attached hydrogens (primary N) is 1. The van der Waals surface area contributed by atoms with Crippen LogP contribution in [-0.4, -0.2) is 16.4 Å². The molecule has 2 aliphatic rings. The number of halogens is 2. The summed E-state index contributed by atoms with van der Waals surface area (Å²) in [5.74, 6) is 1.73. The summed E-state index contributed by atoms with van der Waals surface area (Å²) in [6.07, 6.45) is 14.7. The molecule has 1 unspecified atom stereocenters. The molecule has 5 heteroatoms. The van der Waals surface area contributed by atoms with Crippen molar-refractivity contribution in [1.29, 1.82) is 0 Å². The van der Waals surface area contributed by atoms with Crippen LogP contribution in [0.5, 0.6) is 0 Å². The lowest BCUT2D eigenvalue weighted by molar-refractivity contribution is -0.120. The van der Waals surface area contributed by atoms with Gasteiger partial charge in [-0.15, -0.1) is 12.4 Å². The SMILES string of the molecule is Cc1cccc(C(CC(=O)CC2CCC(N)CC2)c2cn(CC3CCCCC3)c3cc(Br)ccc23)c1.Cl. The van der Waals surface area contributed by atoms with E-state index in [9.17, 15) is 4.79 Å². The highest BCUT2D eigenvalue weighted by molar-refractivity contribution is 9.10. The number of nitrogens with zero attached hydrogens (tertiary/aromatic N) is 1. The van der Waals surface area contributed by atoms with E-state index in [4.69, 9.17) is 5.73 Å². The molecule has 0 amide bonds. The average molecular weight is 586 g/mol. The van der Waals surface area contributed by atoms with Crippen LogP contribution in [0.1, 0.15) is 93.2 Å². The van der Waals surface area contributed by atoms with Crippen LogP contribution in [0.3, 0.4) is 0 Å². The fourth-order valence-electron chi connectivity index (χ4n) is 6.69. The molecule has 37 heavy (non-hydrogen) atoms. The Bertz CT molecular complexity index is 1190. The first kappa shape index (κ1) is 28.4. The fraction of sp³-hybridized carbons (Fsp3) is 0.531. The number of benzene rings is 2. The first-order chi connectivity index (χ1) is 17.5. The van der Waals surface area contributed by atoms with Crippen molar-refractivity contribution < 1.29 is 4.79 Å². The summed E-state index contributed by atoms with van der Waals surface area (Å²) in [5, 5.41) is 1.29. The summed E-state index contributed by atoms with van der Waals surface area (Å²) in [5.41, 5.74) is 11.2. The van der Waals surface area contributed by atoms with E-state index in [0.29, 0.717) is 30.6 Å². The summed E-state index contributed by atoms with van der Waals surface area (Å²) >= 11 is 3.72. The predicted octanol–water partition coefficient (Wildman–Crippen LogP) is 8.71. The van der Waals surface area contributed by atoms with Crippen molar-refractivity contribution in [2.24, 2.45) is 17.6 Å². The number of hydrogen-bond donors (Lipinski definition) is 1. The zero-order chi connectivity index (χ0) is 25.1. The molecule has 2 saturated carbocycles. The smallest absolute Gasteiger partial charge is 0.134 e. The number of aromatic nitrogens is 1. The van der Waals surface area contributed by atoms with Crippen molar-refractivity contribution >= 4 is 45.0 Å². The molecule has 3 aromatic rings. The molecule has 0 spiro atoms. The van der Waals surface area contributed by atoms with E-state index in [1.807, 2.05) is 0 Å². The Morgan fingerprint density at radius 3 is 2.49 bits per heavy atom. The summed E-state index contributed by atoms with van der Waals surface area (Å²) in [7, 11) is 0. The van der Waals surface area contributed by atoms with E-state index in [1.54, 1.807) is 0 Å². The van der Waals surface area contributed by atoms with E-state index in [2.05, 4.69) is 76.1 Å². The zero-order valence-corrected chi connectivity index (χ0v) is 24.5. The number of Topliss-reactive ketones (excluding diaryl/α,β-unsaturated/α-hetero) is 1. The summed E-state index contributed by atoms with van der Waals surface area (Å²) < 4.78 is 3.60. The third kappa shape index (κ3) is 7.07. The van der Waals surface area contributed by atoms with Crippen LogP contribution in [0.2, 0.25) is 0 Å². The van der Waals surface area contributed by atoms with Gasteiger partial charge in [0.15, 0.2) is 0 Å². The van der Waals surface area contributed by atoms with E-state index < -0.39 is 0 Å². The molecule has 2 aromatic carbocycles. The van der Waals surface area contributed by atoms with Crippen molar-refractivity contribution in [3.8, 4) is 0 Å². The van der Waals surface area contributed by atoms with Crippen molar-refractivity contribution in [1.82, 2.24) is 4.57 Å². The molecule has 0 radical (unpaired) electrons. The molecular formula is C32H42BrClN2O. The maximum absolute atomic E-state index is 13.5. The zero-order valence-electron chi connectivity index (χ0n) is 22.1. The number of aryl methyl sites for hydroxylation is 1. The highest BCUT2D eigenvalue weighted by atomic mass is 79.9. The summed E-state index contributed by atoms with van der Waals surface area (Å²) in [6.45, 7) is 3.22. The van der Waals surface area contributed by atoms with Crippen LogP contribution in [-0.2, 0) is 11.3 Å². The van der Waals surface area contributed by atoms with Gasteiger partial charge in [0.2, 0.25) is 0 Å². The van der Waals surface area contributed by atoms with Crippen molar-refractivity contribution in [2.75, 3.05) is 0 Å². The molecule has 2 aliphatic carbocycles. The molecule has 2 N–H and O–H groups in total. The largest absolute Gasteiger partial charge is 0.347 e. The van der Waals surface area contributed by atoms with E-state index in [1.165, 1.54) is 59.7 Å². The van der Waals surface area contributed by atoms with E-state index in [0.717, 1.165) is 42.6 Å². The lowest BCUT2D eigenvalue weighted by Crippen LogP contribution is -2.27. The Morgan fingerprint density at radius 2 is 1.76 bits per heavy atom. The number of fused-ring (bicyclic) bond motifs is 1. The van der Waals surface area contributed by atoms with Gasteiger partial charge in [0, 0.05) is 52.9 Å². The van der Waals surface area contributed by atoms with Gasteiger partial charge in [-0.2, -0.15) is 0 Å². The molecule has 2 fully saturated rings. The molecule has 0 aliphatic heterocycles.